The van der Waals surface area contributed by atoms with Gasteiger partial charge in [0, 0.05) is 17.4 Å². The average Bonchev–Trinajstić information content (AvgIpc) is 3.12. The van der Waals surface area contributed by atoms with Crippen molar-refractivity contribution in [1.82, 2.24) is 14.8 Å². The molecule has 0 aliphatic rings. The Kier molecular flexibility index (Phi) is 6.84. The number of aryl methyl sites for hydroxylation is 3. The molecule has 2 aromatic heterocycles. The molecular weight excluding hydrogens is 455 g/mol. The van der Waals surface area contributed by atoms with Crippen LogP contribution in [0.3, 0.4) is 0 Å². The summed E-state index contributed by atoms with van der Waals surface area (Å²) in [6.45, 7) is 8.34. The molecule has 4 aromatic rings. The second kappa shape index (κ2) is 9.81. The van der Waals surface area contributed by atoms with E-state index in [1.165, 1.54) is 23.8 Å². The highest BCUT2D eigenvalue weighted by molar-refractivity contribution is 6.33. The number of pyridine rings is 1. The molecule has 0 saturated carbocycles. The molecule has 0 fully saturated rings. The normalized spacial score (nSPS) is 11.1. The third-order valence-corrected chi connectivity index (χ3v) is 6.01. The van der Waals surface area contributed by atoms with Crippen LogP contribution in [0.5, 0.6) is 5.88 Å². The van der Waals surface area contributed by atoms with Gasteiger partial charge in [-0.2, -0.15) is 10.1 Å². The van der Waals surface area contributed by atoms with Crippen LogP contribution in [-0.4, -0.2) is 27.3 Å². The summed E-state index contributed by atoms with van der Waals surface area (Å²) in [7, 11) is 0. The van der Waals surface area contributed by atoms with Crippen molar-refractivity contribution in [3.05, 3.63) is 75.7 Å². The lowest BCUT2D eigenvalue weighted by Gasteiger charge is -2.14. The molecular formula is C26H26ClFN4O2. The number of ether oxygens (including phenoxy) is 1. The zero-order chi connectivity index (χ0) is 24.4. The average molecular weight is 481 g/mol. The van der Waals surface area contributed by atoms with E-state index in [0.29, 0.717) is 30.2 Å². The predicted molar refractivity (Wildman–Crippen MR) is 133 cm³/mol. The lowest BCUT2D eigenvalue weighted by molar-refractivity contribution is -0.116. The van der Waals surface area contributed by atoms with Crippen LogP contribution in [0.1, 0.15) is 35.7 Å². The van der Waals surface area contributed by atoms with E-state index >= 15 is 0 Å². The van der Waals surface area contributed by atoms with Gasteiger partial charge < -0.3 is 10.1 Å². The Balaban J connectivity index is 1.66. The van der Waals surface area contributed by atoms with Gasteiger partial charge in [0.15, 0.2) is 5.65 Å². The summed E-state index contributed by atoms with van der Waals surface area (Å²) in [6, 6.07) is 12.0. The van der Waals surface area contributed by atoms with Gasteiger partial charge in [0.25, 0.3) is 0 Å². The van der Waals surface area contributed by atoms with Gasteiger partial charge in [0.1, 0.15) is 5.82 Å². The largest absolute Gasteiger partial charge is 0.478 e. The Morgan fingerprint density at radius 1 is 1.15 bits per heavy atom. The number of amides is 1. The van der Waals surface area contributed by atoms with Crippen molar-refractivity contribution in [1.29, 1.82) is 0 Å². The molecule has 0 aliphatic heterocycles. The minimum atomic E-state index is -0.457. The number of carbonyl (C=O) groups excluding carboxylic acids is 1. The van der Waals surface area contributed by atoms with Crippen molar-refractivity contribution in [3.63, 3.8) is 0 Å². The van der Waals surface area contributed by atoms with Gasteiger partial charge in [0.05, 0.1) is 28.7 Å². The lowest BCUT2D eigenvalue weighted by Crippen LogP contribution is -2.14. The molecule has 0 unspecified atom stereocenters. The zero-order valence-electron chi connectivity index (χ0n) is 19.6. The molecule has 0 bridgehead atoms. The number of carbonyl (C=O) groups is 1. The predicted octanol–water partition coefficient (Wildman–Crippen LogP) is 6.11. The van der Waals surface area contributed by atoms with Crippen molar-refractivity contribution in [3.8, 4) is 11.6 Å². The Bertz CT molecular complexity index is 1370. The van der Waals surface area contributed by atoms with Crippen LogP contribution in [0.2, 0.25) is 5.02 Å². The van der Waals surface area contributed by atoms with E-state index in [0.717, 1.165) is 27.9 Å². The highest BCUT2D eigenvalue weighted by atomic mass is 35.5. The Morgan fingerprint density at radius 2 is 1.88 bits per heavy atom. The van der Waals surface area contributed by atoms with Crippen molar-refractivity contribution < 1.29 is 13.9 Å². The molecule has 2 aromatic carbocycles. The van der Waals surface area contributed by atoms with E-state index in [4.69, 9.17) is 26.4 Å². The fraction of sp³-hybridized carbons (Fsp3) is 0.269. The third-order valence-electron chi connectivity index (χ3n) is 5.70. The van der Waals surface area contributed by atoms with Crippen LogP contribution in [-0.2, 0) is 11.2 Å². The maximum atomic E-state index is 13.3. The molecule has 1 amide bonds. The summed E-state index contributed by atoms with van der Waals surface area (Å²) in [4.78, 5) is 17.4. The molecule has 0 saturated heterocycles. The van der Waals surface area contributed by atoms with E-state index < -0.39 is 5.82 Å². The highest BCUT2D eigenvalue weighted by Gasteiger charge is 2.21. The maximum Gasteiger partial charge on any atom is 0.224 e. The third kappa shape index (κ3) is 4.75. The maximum absolute atomic E-state index is 13.3. The molecule has 0 atom stereocenters. The minimum Gasteiger partial charge on any atom is -0.478 e. The Labute approximate surface area is 202 Å². The lowest BCUT2D eigenvalue weighted by atomic mass is 10.0. The van der Waals surface area contributed by atoms with Crippen LogP contribution in [0.4, 0.5) is 10.1 Å². The molecule has 0 aliphatic carbocycles. The van der Waals surface area contributed by atoms with Crippen LogP contribution < -0.4 is 10.1 Å². The van der Waals surface area contributed by atoms with Gasteiger partial charge in [0.2, 0.25) is 11.8 Å². The second-order valence-electron chi connectivity index (χ2n) is 8.16. The van der Waals surface area contributed by atoms with Crippen molar-refractivity contribution >= 4 is 34.2 Å². The molecule has 8 heteroatoms. The first-order chi connectivity index (χ1) is 16.3. The summed E-state index contributed by atoms with van der Waals surface area (Å²) in [6.07, 6.45) is 0.608. The first-order valence-corrected chi connectivity index (χ1v) is 11.5. The number of halogens is 2. The number of nitrogens with one attached hydrogen (secondary N) is 1. The highest BCUT2D eigenvalue weighted by Crippen LogP contribution is 2.32. The number of fused-ring (bicyclic) bond motifs is 1. The Morgan fingerprint density at radius 3 is 2.56 bits per heavy atom. The van der Waals surface area contributed by atoms with Crippen LogP contribution >= 0.6 is 11.6 Å². The molecule has 34 heavy (non-hydrogen) atoms. The molecule has 2 heterocycles. The number of aromatic nitrogens is 3. The summed E-state index contributed by atoms with van der Waals surface area (Å²) >= 11 is 6.03. The first-order valence-electron chi connectivity index (χ1n) is 11.1. The van der Waals surface area contributed by atoms with E-state index in [1.54, 1.807) is 0 Å². The summed E-state index contributed by atoms with van der Waals surface area (Å²) in [5, 5.41) is 8.58. The van der Waals surface area contributed by atoms with Crippen LogP contribution in [0, 0.1) is 26.6 Å². The topological polar surface area (TPSA) is 69.0 Å². The summed E-state index contributed by atoms with van der Waals surface area (Å²) in [5.41, 5.74) is 5.87. The fourth-order valence-corrected chi connectivity index (χ4v) is 4.21. The quantitative estimate of drug-likeness (QED) is 0.346. The number of anilines is 1. The first kappa shape index (κ1) is 23.7. The van der Waals surface area contributed by atoms with E-state index in [2.05, 4.69) is 5.32 Å². The summed E-state index contributed by atoms with van der Waals surface area (Å²) < 4.78 is 21.0. The van der Waals surface area contributed by atoms with Gasteiger partial charge in [-0.15, -0.1) is 0 Å². The number of hydrogen-bond acceptors (Lipinski definition) is 4. The molecule has 0 spiro atoms. The monoisotopic (exact) mass is 480 g/mol. The van der Waals surface area contributed by atoms with Gasteiger partial charge >= 0.3 is 0 Å². The second-order valence-corrected chi connectivity index (χ2v) is 8.56. The molecule has 176 valence electrons. The van der Waals surface area contributed by atoms with Gasteiger partial charge in [-0.3, -0.25) is 4.79 Å². The van der Waals surface area contributed by atoms with E-state index in [9.17, 15) is 9.18 Å². The standard InChI is InChI=1S/C26H26ClFN4O2/c1-5-34-26-20(11-13-23(33)29-22-12-8-18(28)14-21(22)27)16(3)24-17(4)31-32(25(24)30-26)19-9-6-15(2)7-10-19/h6-10,12,14H,5,11,13H2,1-4H3,(H,29,33). The van der Waals surface area contributed by atoms with Crippen LogP contribution in [0.15, 0.2) is 42.5 Å². The van der Waals surface area contributed by atoms with Crippen molar-refractivity contribution in [2.24, 2.45) is 0 Å². The molecule has 0 radical (unpaired) electrons. The van der Waals surface area contributed by atoms with Gasteiger partial charge in [-0.25, -0.2) is 9.07 Å². The van der Waals surface area contributed by atoms with Crippen LogP contribution in [0.25, 0.3) is 16.7 Å². The molecule has 1 N–H and O–H groups in total. The van der Waals surface area contributed by atoms with Crippen molar-refractivity contribution in [2.45, 2.75) is 40.5 Å². The van der Waals surface area contributed by atoms with Gasteiger partial charge in [-0.05, 0) is 70.0 Å². The zero-order valence-corrected chi connectivity index (χ0v) is 20.3. The number of nitrogens with zero attached hydrogens (tertiary/aromatic N) is 3. The summed E-state index contributed by atoms with van der Waals surface area (Å²) in [5.74, 6) is -0.197. The van der Waals surface area contributed by atoms with Crippen molar-refractivity contribution in [2.75, 3.05) is 11.9 Å². The fourth-order valence-electron chi connectivity index (χ4n) is 3.99. The van der Waals surface area contributed by atoms with Gasteiger partial charge in [-0.1, -0.05) is 29.3 Å². The van der Waals surface area contributed by atoms with E-state index in [1.807, 2.05) is 56.6 Å². The number of hydrogen-bond donors (Lipinski definition) is 1. The minimum absolute atomic E-state index is 0.154. The Hall–Kier alpha value is -3.45. The number of benzene rings is 2. The number of rotatable bonds is 7. The SMILES string of the molecule is CCOc1nc2c(c(C)nn2-c2ccc(C)cc2)c(C)c1CCC(=O)Nc1ccc(F)cc1Cl. The van der Waals surface area contributed by atoms with E-state index in [-0.39, 0.29) is 17.4 Å². The molecule has 4 rings (SSSR count). The smallest absolute Gasteiger partial charge is 0.224 e. The molecule has 6 nitrogen and oxygen atoms in total.